The van der Waals surface area contributed by atoms with E-state index in [0.717, 1.165) is 18.4 Å². The lowest BCUT2D eigenvalue weighted by Gasteiger charge is -2.39. The van der Waals surface area contributed by atoms with Crippen LogP contribution in [0.15, 0.2) is 53.1 Å². The van der Waals surface area contributed by atoms with E-state index >= 15 is 0 Å². The van der Waals surface area contributed by atoms with Gasteiger partial charge in [-0.2, -0.15) is 0 Å². The molecule has 6 nitrogen and oxygen atoms in total. The first kappa shape index (κ1) is 18.0. The third-order valence-corrected chi connectivity index (χ3v) is 4.82. The number of hydrogen-bond acceptors (Lipinski definition) is 3. The van der Waals surface area contributed by atoms with Crippen molar-refractivity contribution in [3.8, 4) is 0 Å². The Kier molecular flexibility index (Phi) is 5.61. The molecule has 2 N–H and O–H groups in total. The zero-order chi connectivity index (χ0) is 18.4. The van der Waals surface area contributed by atoms with Crippen molar-refractivity contribution in [2.75, 3.05) is 13.1 Å². The van der Waals surface area contributed by atoms with Gasteiger partial charge in [-0.3, -0.25) is 4.79 Å². The molecule has 0 saturated carbocycles. The molecule has 0 bridgehead atoms. The number of benzene rings is 1. The van der Waals surface area contributed by atoms with Crippen molar-refractivity contribution in [3.05, 3.63) is 60.1 Å². The highest BCUT2D eigenvalue weighted by Crippen LogP contribution is 2.30. The highest BCUT2D eigenvalue weighted by atomic mass is 16.3. The van der Waals surface area contributed by atoms with Crippen molar-refractivity contribution < 1.29 is 14.0 Å². The summed E-state index contributed by atoms with van der Waals surface area (Å²) in [5.74, 6) is 0.698. The van der Waals surface area contributed by atoms with E-state index in [2.05, 4.69) is 10.6 Å². The highest BCUT2D eigenvalue weighted by molar-refractivity contribution is 5.84. The summed E-state index contributed by atoms with van der Waals surface area (Å²) < 4.78 is 5.23. The Morgan fingerprint density at radius 3 is 2.65 bits per heavy atom. The Hall–Kier alpha value is -2.76. The van der Waals surface area contributed by atoms with Crippen molar-refractivity contribution in [1.82, 2.24) is 15.5 Å². The Morgan fingerprint density at radius 2 is 1.92 bits per heavy atom. The van der Waals surface area contributed by atoms with Gasteiger partial charge in [0.1, 0.15) is 5.76 Å². The number of amides is 3. The maximum Gasteiger partial charge on any atom is 0.317 e. The average molecular weight is 355 g/mol. The van der Waals surface area contributed by atoms with E-state index in [1.54, 1.807) is 17.2 Å². The molecule has 1 aliphatic rings. The SMILES string of the molecule is C[C@@]1(C(=O)NCc2ccccc2)CCCN(C(=O)NCc2ccco2)C1. The fourth-order valence-electron chi connectivity index (χ4n) is 3.28. The summed E-state index contributed by atoms with van der Waals surface area (Å²) in [7, 11) is 0. The van der Waals surface area contributed by atoms with E-state index in [-0.39, 0.29) is 11.9 Å². The van der Waals surface area contributed by atoms with Gasteiger partial charge in [-0.05, 0) is 37.5 Å². The van der Waals surface area contributed by atoms with Gasteiger partial charge in [0.2, 0.25) is 5.91 Å². The van der Waals surface area contributed by atoms with Crippen LogP contribution in [-0.4, -0.2) is 29.9 Å². The van der Waals surface area contributed by atoms with Gasteiger partial charge >= 0.3 is 6.03 Å². The van der Waals surface area contributed by atoms with Crippen LogP contribution in [0.1, 0.15) is 31.1 Å². The molecule has 2 heterocycles. The second-order valence-corrected chi connectivity index (χ2v) is 6.99. The zero-order valence-electron chi connectivity index (χ0n) is 15.0. The summed E-state index contributed by atoms with van der Waals surface area (Å²) in [5.41, 5.74) is 0.489. The van der Waals surface area contributed by atoms with Crippen molar-refractivity contribution in [2.45, 2.75) is 32.9 Å². The van der Waals surface area contributed by atoms with Gasteiger partial charge in [0.15, 0.2) is 0 Å². The van der Waals surface area contributed by atoms with Gasteiger partial charge in [0.25, 0.3) is 0 Å². The smallest absolute Gasteiger partial charge is 0.317 e. The monoisotopic (exact) mass is 355 g/mol. The molecule has 0 unspecified atom stereocenters. The molecule has 1 atom stereocenters. The van der Waals surface area contributed by atoms with Crippen LogP contribution in [-0.2, 0) is 17.9 Å². The number of nitrogens with one attached hydrogen (secondary N) is 2. The van der Waals surface area contributed by atoms with E-state index in [9.17, 15) is 9.59 Å². The first-order valence-corrected chi connectivity index (χ1v) is 8.94. The van der Waals surface area contributed by atoms with Crippen LogP contribution >= 0.6 is 0 Å². The standard InChI is InChI=1S/C20H25N3O3/c1-20(18(24)21-13-16-7-3-2-4-8-16)10-6-11-23(15-20)19(25)22-14-17-9-5-12-26-17/h2-5,7-9,12H,6,10-11,13-15H2,1H3,(H,21,24)(H,22,25)/t20-/m1/s1. The summed E-state index contributed by atoms with van der Waals surface area (Å²) in [6.45, 7) is 3.85. The molecule has 0 radical (unpaired) electrons. The Labute approximate surface area is 153 Å². The van der Waals surface area contributed by atoms with Gasteiger partial charge in [0.05, 0.1) is 18.2 Å². The number of urea groups is 1. The topological polar surface area (TPSA) is 74.6 Å². The number of piperidine rings is 1. The van der Waals surface area contributed by atoms with Crippen LogP contribution < -0.4 is 10.6 Å². The minimum absolute atomic E-state index is 0.00936. The molecule has 2 aromatic rings. The molecule has 138 valence electrons. The molecule has 0 aliphatic carbocycles. The van der Waals surface area contributed by atoms with Crippen molar-refractivity contribution >= 4 is 11.9 Å². The quantitative estimate of drug-likeness (QED) is 0.866. The Balaban J connectivity index is 1.53. The lowest BCUT2D eigenvalue weighted by atomic mass is 9.81. The van der Waals surface area contributed by atoms with E-state index in [0.29, 0.717) is 31.9 Å². The molecule has 1 aromatic heterocycles. The highest BCUT2D eigenvalue weighted by Gasteiger charge is 2.39. The molecular weight excluding hydrogens is 330 g/mol. The summed E-state index contributed by atoms with van der Waals surface area (Å²) >= 11 is 0. The largest absolute Gasteiger partial charge is 0.467 e. The summed E-state index contributed by atoms with van der Waals surface area (Å²) in [6.07, 6.45) is 3.16. The number of hydrogen-bond donors (Lipinski definition) is 2. The predicted molar refractivity (Wildman–Crippen MR) is 98.1 cm³/mol. The predicted octanol–water partition coefficient (Wildman–Crippen LogP) is 2.91. The number of carbonyl (C=O) groups is 2. The number of furan rings is 1. The van der Waals surface area contributed by atoms with Crippen molar-refractivity contribution in [1.29, 1.82) is 0 Å². The van der Waals surface area contributed by atoms with E-state index < -0.39 is 5.41 Å². The summed E-state index contributed by atoms with van der Waals surface area (Å²) in [4.78, 5) is 26.9. The van der Waals surface area contributed by atoms with Crippen LogP contribution in [0.3, 0.4) is 0 Å². The lowest BCUT2D eigenvalue weighted by Crippen LogP contribution is -2.53. The van der Waals surface area contributed by atoms with Crippen LogP contribution in [0.2, 0.25) is 0 Å². The van der Waals surface area contributed by atoms with Crippen LogP contribution in [0.25, 0.3) is 0 Å². The number of carbonyl (C=O) groups excluding carboxylic acids is 2. The zero-order valence-corrected chi connectivity index (χ0v) is 15.0. The molecule has 1 saturated heterocycles. The number of nitrogens with zero attached hydrogens (tertiary/aromatic N) is 1. The first-order chi connectivity index (χ1) is 12.6. The van der Waals surface area contributed by atoms with Crippen molar-refractivity contribution in [2.24, 2.45) is 5.41 Å². The maximum atomic E-state index is 12.7. The first-order valence-electron chi connectivity index (χ1n) is 8.94. The minimum atomic E-state index is -0.574. The fourth-order valence-corrected chi connectivity index (χ4v) is 3.28. The Bertz CT molecular complexity index is 730. The maximum absolute atomic E-state index is 12.7. The van der Waals surface area contributed by atoms with Crippen LogP contribution in [0.4, 0.5) is 4.79 Å². The molecule has 1 aromatic carbocycles. The molecule has 3 amide bonds. The number of likely N-dealkylation sites (tertiary alicyclic amines) is 1. The van der Waals surface area contributed by atoms with Crippen LogP contribution in [0.5, 0.6) is 0 Å². The molecule has 6 heteroatoms. The third kappa shape index (κ3) is 4.45. The third-order valence-electron chi connectivity index (χ3n) is 4.82. The molecule has 1 aliphatic heterocycles. The van der Waals surface area contributed by atoms with Gasteiger partial charge in [-0.15, -0.1) is 0 Å². The van der Waals surface area contributed by atoms with Gasteiger partial charge in [0, 0.05) is 19.6 Å². The molecule has 0 spiro atoms. The van der Waals surface area contributed by atoms with Gasteiger partial charge in [-0.1, -0.05) is 30.3 Å². The number of rotatable bonds is 5. The molecular formula is C20H25N3O3. The summed E-state index contributed by atoms with van der Waals surface area (Å²) in [6, 6.07) is 13.3. The van der Waals surface area contributed by atoms with Gasteiger partial charge < -0.3 is 20.0 Å². The second kappa shape index (κ2) is 8.08. The van der Waals surface area contributed by atoms with Crippen LogP contribution in [0, 0.1) is 5.41 Å². The van der Waals surface area contributed by atoms with E-state index in [1.807, 2.05) is 43.3 Å². The molecule has 26 heavy (non-hydrogen) atoms. The summed E-state index contributed by atoms with van der Waals surface area (Å²) in [5, 5.41) is 5.86. The Morgan fingerprint density at radius 1 is 1.12 bits per heavy atom. The average Bonchev–Trinajstić information content (AvgIpc) is 3.18. The lowest BCUT2D eigenvalue weighted by molar-refractivity contribution is -0.132. The van der Waals surface area contributed by atoms with Crippen molar-refractivity contribution in [3.63, 3.8) is 0 Å². The van der Waals surface area contributed by atoms with E-state index in [1.165, 1.54) is 0 Å². The van der Waals surface area contributed by atoms with Gasteiger partial charge in [-0.25, -0.2) is 4.79 Å². The molecule has 3 rings (SSSR count). The molecule has 1 fully saturated rings. The van der Waals surface area contributed by atoms with E-state index in [4.69, 9.17) is 4.42 Å². The fraction of sp³-hybridized carbons (Fsp3) is 0.400. The minimum Gasteiger partial charge on any atom is -0.467 e. The second-order valence-electron chi connectivity index (χ2n) is 6.99. The normalized spacial score (nSPS) is 19.8.